The predicted octanol–water partition coefficient (Wildman–Crippen LogP) is -0.986. The first-order chi connectivity index (χ1) is 5.83. The molecule has 78 valence electrons. The summed E-state index contributed by atoms with van der Waals surface area (Å²) in [4.78, 5) is 10.5. The number of unbranched alkanes of at least 4 members (excludes halogenated alkanes) is 1. The lowest BCUT2D eigenvalue weighted by Gasteiger charge is -2.05. The first-order valence-corrected chi connectivity index (χ1v) is 6.11. The standard InChI is InChI=1S/C7H16N2O3S/c1-13(11,12)5-3-2-4-6(8)7(9)10/h6H,2-5,8H2,1H3,(H2,9,10). The SMILES string of the molecule is CS(=O)(=O)CCCCC(N)C(N)=O. The van der Waals surface area contributed by atoms with E-state index in [1.165, 1.54) is 6.26 Å². The van der Waals surface area contributed by atoms with Gasteiger partial charge in [0.25, 0.3) is 0 Å². The molecule has 1 unspecified atom stereocenters. The van der Waals surface area contributed by atoms with Crippen molar-refractivity contribution >= 4 is 15.7 Å². The van der Waals surface area contributed by atoms with E-state index in [-0.39, 0.29) is 5.75 Å². The van der Waals surface area contributed by atoms with Crippen molar-refractivity contribution in [3.63, 3.8) is 0 Å². The van der Waals surface area contributed by atoms with Crippen molar-refractivity contribution in [2.24, 2.45) is 11.5 Å². The lowest BCUT2D eigenvalue weighted by molar-refractivity contribution is -0.119. The molecular formula is C7H16N2O3S. The van der Waals surface area contributed by atoms with Gasteiger partial charge < -0.3 is 11.5 Å². The van der Waals surface area contributed by atoms with Crippen molar-refractivity contribution < 1.29 is 13.2 Å². The molecule has 0 aliphatic heterocycles. The normalized spacial score (nSPS) is 14.0. The molecule has 5 nitrogen and oxygen atoms in total. The molecule has 0 fully saturated rings. The lowest BCUT2D eigenvalue weighted by Crippen LogP contribution is -2.36. The minimum atomic E-state index is -2.90. The third-order valence-electron chi connectivity index (χ3n) is 1.65. The number of primary amides is 1. The minimum absolute atomic E-state index is 0.137. The van der Waals surface area contributed by atoms with Crippen molar-refractivity contribution in [3.8, 4) is 0 Å². The molecule has 0 spiro atoms. The van der Waals surface area contributed by atoms with Gasteiger partial charge in [-0.05, 0) is 12.8 Å². The second kappa shape index (κ2) is 5.18. The van der Waals surface area contributed by atoms with Crippen molar-refractivity contribution in [1.29, 1.82) is 0 Å². The first kappa shape index (κ1) is 12.4. The highest BCUT2D eigenvalue weighted by Crippen LogP contribution is 2.00. The molecule has 0 bridgehead atoms. The van der Waals surface area contributed by atoms with Gasteiger partial charge in [0.2, 0.25) is 5.91 Å². The molecule has 0 heterocycles. The summed E-state index contributed by atoms with van der Waals surface area (Å²) in [5, 5.41) is 0. The summed E-state index contributed by atoms with van der Waals surface area (Å²) in [5.74, 6) is -0.405. The average molecular weight is 208 g/mol. The Balaban J connectivity index is 3.53. The van der Waals surface area contributed by atoms with Gasteiger partial charge in [-0.3, -0.25) is 4.79 Å². The van der Waals surface area contributed by atoms with Gasteiger partial charge in [0.1, 0.15) is 9.84 Å². The molecule has 6 heteroatoms. The number of sulfone groups is 1. The van der Waals surface area contributed by atoms with Crippen molar-refractivity contribution in [3.05, 3.63) is 0 Å². The van der Waals surface area contributed by atoms with E-state index < -0.39 is 21.8 Å². The van der Waals surface area contributed by atoms with Crippen LogP contribution in [0.15, 0.2) is 0 Å². The Kier molecular flexibility index (Phi) is 4.94. The van der Waals surface area contributed by atoms with E-state index in [9.17, 15) is 13.2 Å². The highest BCUT2D eigenvalue weighted by molar-refractivity contribution is 7.90. The fourth-order valence-corrected chi connectivity index (χ4v) is 1.60. The molecule has 0 aromatic heterocycles. The number of hydrogen-bond acceptors (Lipinski definition) is 4. The fourth-order valence-electron chi connectivity index (χ4n) is 0.871. The largest absolute Gasteiger partial charge is 0.368 e. The van der Waals surface area contributed by atoms with Crippen LogP contribution < -0.4 is 11.5 Å². The number of carbonyl (C=O) groups is 1. The Labute approximate surface area is 78.4 Å². The van der Waals surface area contributed by atoms with Gasteiger partial charge in [-0.1, -0.05) is 6.42 Å². The molecule has 0 saturated carbocycles. The zero-order valence-corrected chi connectivity index (χ0v) is 8.51. The van der Waals surface area contributed by atoms with E-state index in [1.54, 1.807) is 0 Å². The van der Waals surface area contributed by atoms with Crippen LogP contribution in [0.4, 0.5) is 0 Å². The zero-order valence-electron chi connectivity index (χ0n) is 7.69. The summed E-state index contributed by atoms with van der Waals surface area (Å²) in [5.41, 5.74) is 10.3. The molecule has 4 N–H and O–H groups in total. The van der Waals surface area contributed by atoms with Crippen molar-refractivity contribution in [2.45, 2.75) is 25.3 Å². The van der Waals surface area contributed by atoms with Crippen molar-refractivity contribution in [2.75, 3.05) is 12.0 Å². The van der Waals surface area contributed by atoms with Crippen LogP contribution in [0.25, 0.3) is 0 Å². The van der Waals surface area contributed by atoms with E-state index in [2.05, 4.69) is 0 Å². The summed E-state index contributed by atoms with van der Waals surface area (Å²) in [7, 11) is -2.90. The molecule has 0 aromatic carbocycles. The highest BCUT2D eigenvalue weighted by atomic mass is 32.2. The Bertz CT molecular complexity index is 261. The smallest absolute Gasteiger partial charge is 0.234 e. The first-order valence-electron chi connectivity index (χ1n) is 4.05. The van der Waals surface area contributed by atoms with Gasteiger partial charge in [0.15, 0.2) is 0 Å². The Hall–Kier alpha value is -0.620. The van der Waals surface area contributed by atoms with E-state index in [4.69, 9.17) is 11.5 Å². The maximum atomic E-state index is 10.7. The number of carbonyl (C=O) groups excluding carboxylic acids is 1. The van der Waals surface area contributed by atoms with Crippen LogP contribution in [-0.4, -0.2) is 32.4 Å². The Morgan fingerprint density at radius 1 is 1.38 bits per heavy atom. The van der Waals surface area contributed by atoms with E-state index in [0.717, 1.165) is 0 Å². The van der Waals surface area contributed by atoms with E-state index in [0.29, 0.717) is 19.3 Å². The number of amides is 1. The fraction of sp³-hybridized carbons (Fsp3) is 0.857. The third-order valence-corrected chi connectivity index (χ3v) is 2.68. The Morgan fingerprint density at radius 2 is 1.92 bits per heavy atom. The van der Waals surface area contributed by atoms with E-state index >= 15 is 0 Å². The summed E-state index contributed by atoms with van der Waals surface area (Å²) in [6, 6.07) is -0.653. The zero-order chi connectivity index (χ0) is 10.5. The number of rotatable bonds is 6. The molecule has 0 rings (SSSR count). The summed E-state index contributed by atoms with van der Waals surface area (Å²) >= 11 is 0. The molecule has 0 aliphatic rings. The molecule has 0 saturated heterocycles. The van der Waals surface area contributed by atoms with Crippen LogP contribution in [0.5, 0.6) is 0 Å². The molecule has 13 heavy (non-hydrogen) atoms. The van der Waals surface area contributed by atoms with Gasteiger partial charge in [-0.25, -0.2) is 8.42 Å². The lowest BCUT2D eigenvalue weighted by atomic mass is 10.1. The molecule has 0 aromatic rings. The quantitative estimate of drug-likeness (QED) is 0.547. The maximum absolute atomic E-state index is 10.7. The van der Waals surface area contributed by atoms with Crippen molar-refractivity contribution in [1.82, 2.24) is 0 Å². The van der Waals surface area contributed by atoms with Gasteiger partial charge in [-0.2, -0.15) is 0 Å². The summed E-state index contributed by atoms with van der Waals surface area (Å²) in [6.45, 7) is 0. The number of hydrogen-bond donors (Lipinski definition) is 2. The topological polar surface area (TPSA) is 103 Å². The van der Waals surface area contributed by atoms with Crippen LogP contribution >= 0.6 is 0 Å². The van der Waals surface area contributed by atoms with Gasteiger partial charge in [-0.15, -0.1) is 0 Å². The molecular weight excluding hydrogens is 192 g/mol. The molecule has 0 radical (unpaired) electrons. The molecule has 1 amide bonds. The van der Waals surface area contributed by atoms with Gasteiger partial charge in [0, 0.05) is 12.0 Å². The summed E-state index contributed by atoms with van der Waals surface area (Å²) in [6.07, 6.45) is 2.77. The molecule has 1 atom stereocenters. The van der Waals surface area contributed by atoms with Gasteiger partial charge in [0.05, 0.1) is 6.04 Å². The van der Waals surface area contributed by atoms with E-state index in [1.807, 2.05) is 0 Å². The monoisotopic (exact) mass is 208 g/mol. The summed E-state index contributed by atoms with van der Waals surface area (Å²) < 4.78 is 21.4. The Morgan fingerprint density at radius 3 is 2.31 bits per heavy atom. The van der Waals surface area contributed by atoms with Crippen LogP contribution in [-0.2, 0) is 14.6 Å². The maximum Gasteiger partial charge on any atom is 0.234 e. The van der Waals surface area contributed by atoms with Crippen LogP contribution in [0.1, 0.15) is 19.3 Å². The number of nitrogens with two attached hydrogens (primary N) is 2. The van der Waals surface area contributed by atoms with Gasteiger partial charge >= 0.3 is 0 Å². The minimum Gasteiger partial charge on any atom is -0.368 e. The van der Waals surface area contributed by atoms with Crippen LogP contribution in [0.3, 0.4) is 0 Å². The van der Waals surface area contributed by atoms with Crippen LogP contribution in [0, 0.1) is 0 Å². The second-order valence-corrected chi connectivity index (χ2v) is 5.39. The molecule has 0 aliphatic carbocycles. The highest BCUT2D eigenvalue weighted by Gasteiger charge is 2.09. The third kappa shape index (κ3) is 7.73. The van der Waals surface area contributed by atoms with Crippen LogP contribution in [0.2, 0.25) is 0 Å². The predicted molar refractivity (Wildman–Crippen MR) is 50.7 cm³/mol. The average Bonchev–Trinajstić information content (AvgIpc) is 1.95. The second-order valence-electron chi connectivity index (χ2n) is 3.13.